The second-order valence-corrected chi connectivity index (χ2v) is 8.23. The molecule has 0 saturated carbocycles. The third-order valence-corrected chi connectivity index (χ3v) is 5.01. The number of halogens is 1. The number of hydroxylamine groups is 2. The van der Waals surface area contributed by atoms with Crippen molar-refractivity contribution >= 4 is 17.5 Å². The van der Waals surface area contributed by atoms with Gasteiger partial charge >= 0.3 is 0 Å². The molecule has 1 aromatic heterocycles. The third kappa shape index (κ3) is 4.35. The maximum atomic E-state index is 5.89. The quantitative estimate of drug-likeness (QED) is 0.833. The molecule has 1 N–H and O–H groups in total. The van der Waals surface area contributed by atoms with Crippen molar-refractivity contribution in [2.45, 2.75) is 77.4 Å². The summed E-state index contributed by atoms with van der Waals surface area (Å²) in [7, 11) is 1.76. The molecule has 7 heteroatoms. The van der Waals surface area contributed by atoms with Crippen LogP contribution in [0, 0.1) is 5.92 Å². The van der Waals surface area contributed by atoms with Crippen molar-refractivity contribution in [1.82, 2.24) is 20.0 Å². The van der Waals surface area contributed by atoms with Gasteiger partial charge in [-0.3, -0.25) is 0 Å². The third-order valence-electron chi connectivity index (χ3n) is 4.83. The van der Waals surface area contributed by atoms with E-state index in [2.05, 4.69) is 60.0 Å². The van der Waals surface area contributed by atoms with Gasteiger partial charge in [0.05, 0.1) is 7.11 Å². The van der Waals surface area contributed by atoms with E-state index in [4.69, 9.17) is 16.4 Å². The van der Waals surface area contributed by atoms with Crippen LogP contribution < -0.4 is 5.32 Å². The summed E-state index contributed by atoms with van der Waals surface area (Å²) in [6.07, 6.45) is 5.69. The van der Waals surface area contributed by atoms with Crippen molar-refractivity contribution in [2.24, 2.45) is 5.92 Å². The summed E-state index contributed by atoms with van der Waals surface area (Å²) in [6, 6.07) is 0.297. The number of aromatic nitrogens is 3. The molecule has 1 atom stereocenters. The Balaban J connectivity index is 2.21. The van der Waals surface area contributed by atoms with E-state index >= 15 is 0 Å². The van der Waals surface area contributed by atoms with Crippen LogP contribution in [0.4, 0.5) is 5.95 Å². The maximum Gasteiger partial charge on any atom is 0.227 e. The first-order valence-corrected chi connectivity index (χ1v) is 9.03. The van der Waals surface area contributed by atoms with Gasteiger partial charge in [0.25, 0.3) is 0 Å². The predicted molar refractivity (Wildman–Crippen MR) is 96.9 cm³/mol. The fourth-order valence-electron chi connectivity index (χ4n) is 4.37. The van der Waals surface area contributed by atoms with Gasteiger partial charge in [-0.2, -0.15) is 10.0 Å². The summed E-state index contributed by atoms with van der Waals surface area (Å²) in [6.45, 7) is 11.2. The molecular weight excluding hydrogens is 326 g/mol. The Morgan fingerprint density at radius 1 is 1.29 bits per heavy atom. The second kappa shape index (κ2) is 7.50. The van der Waals surface area contributed by atoms with Crippen molar-refractivity contribution in [3.63, 3.8) is 0 Å². The molecule has 1 unspecified atom stereocenters. The molecular formula is C17H30ClN5O. The van der Waals surface area contributed by atoms with Crippen molar-refractivity contribution in [3.05, 3.63) is 11.6 Å². The van der Waals surface area contributed by atoms with E-state index in [1.807, 2.05) is 0 Å². The van der Waals surface area contributed by atoms with Gasteiger partial charge in [-0.15, -0.1) is 0 Å². The molecule has 2 rings (SSSR count). The number of hydrogen-bond acceptors (Lipinski definition) is 6. The smallest absolute Gasteiger partial charge is 0.227 e. The number of anilines is 1. The van der Waals surface area contributed by atoms with Crippen LogP contribution in [0.15, 0.2) is 6.33 Å². The molecule has 0 bridgehead atoms. The molecule has 6 nitrogen and oxygen atoms in total. The van der Waals surface area contributed by atoms with Crippen LogP contribution >= 0.6 is 11.6 Å². The number of piperidine rings is 1. The van der Waals surface area contributed by atoms with Crippen molar-refractivity contribution in [1.29, 1.82) is 0 Å². The highest BCUT2D eigenvalue weighted by Crippen LogP contribution is 2.43. The van der Waals surface area contributed by atoms with Crippen molar-refractivity contribution < 1.29 is 4.84 Å². The van der Waals surface area contributed by atoms with Crippen LogP contribution in [0.2, 0.25) is 5.28 Å². The van der Waals surface area contributed by atoms with Gasteiger partial charge in [0.1, 0.15) is 6.33 Å². The molecule has 2 heterocycles. The Morgan fingerprint density at radius 3 is 2.42 bits per heavy atom. The predicted octanol–water partition coefficient (Wildman–Crippen LogP) is 3.94. The largest absolute Gasteiger partial charge is 0.351 e. The van der Waals surface area contributed by atoms with Crippen molar-refractivity contribution in [2.75, 3.05) is 12.4 Å². The van der Waals surface area contributed by atoms with E-state index in [0.29, 0.717) is 17.9 Å². The molecule has 0 radical (unpaired) electrons. The Hall–Kier alpha value is -0.980. The van der Waals surface area contributed by atoms with Gasteiger partial charge in [-0.1, -0.05) is 13.3 Å². The van der Waals surface area contributed by atoms with E-state index < -0.39 is 0 Å². The van der Waals surface area contributed by atoms with Crippen LogP contribution in [0.25, 0.3) is 0 Å². The van der Waals surface area contributed by atoms with Crippen LogP contribution in [0.1, 0.15) is 60.3 Å². The first-order valence-electron chi connectivity index (χ1n) is 8.65. The summed E-state index contributed by atoms with van der Waals surface area (Å²) in [4.78, 5) is 18.0. The first kappa shape index (κ1) is 19.3. The average Bonchev–Trinajstić information content (AvgIpc) is 2.44. The van der Waals surface area contributed by atoms with Gasteiger partial charge in [0, 0.05) is 17.1 Å². The Labute approximate surface area is 150 Å². The molecule has 1 fully saturated rings. The van der Waals surface area contributed by atoms with Crippen LogP contribution in [-0.4, -0.2) is 44.2 Å². The summed E-state index contributed by atoms with van der Waals surface area (Å²) in [5.41, 5.74) is -0.0723. The normalized spacial score (nSPS) is 22.3. The highest BCUT2D eigenvalue weighted by Gasteiger charge is 2.47. The van der Waals surface area contributed by atoms with E-state index in [1.54, 1.807) is 7.11 Å². The molecule has 1 aliphatic rings. The molecule has 0 spiro atoms. The number of nitrogens with one attached hydrogen (secondary N) is 1. The minimum atomic E-state index is -0.0361. The van der Waals surface area contributed by atoms with Gasteiger partial charge in [-0.05, 0) is 64.5 Å². The lowest BCUT2D eigenvalue weighted by Crippen LogP contribution is -2.61. The van der Waals surface area contributed by atoms with E-state index in [0.717, 1.165) is 25.7 Å². The summed E-state index contributed by atoms with van der Waals surface area (Å²) >= 11 is 5.89. The van der Waals surface area contributed by atoms with Gasteiger partial charge in [0.2, 0.25) is 11.2 Å². The molecule has 0 amide bonds. The fourth-order valence-corrected chi connectivity index (χ4v) is 4.49. The summed E-state index contributed by atoms with van der Waals surface area (Å²) in [5, 5.41) is 5.85. The lowest BCUT2D eigenvalue weighted by molar-refractivity contribution is -0.272. The van der Waals surface area contributed by atoms with E-state index in [9.17, 15) is 0 Å². The monoisotopic (exact) mass is 355 g/mol. The second-order valence-electron chi connectivity index (χ2n) is 7.89. The highest BCUT2D eigenvalue weighted by atomic mass is 35.5. The number of hydrogen-bond donors (Lipinski definition) is 1. The molecule has 136 valence electrons. The minimum Gasteiger partial charge on any atom is -0.351 e. The maximum absolute atomic E-state index is 5.89. The van der Waals surface area contributed by atoms with Crippen LogP contribution in [-0.2, 0) is 4.84 Å². The summed E-state index contributed by atoms with van der Waals surface area (Å²) in [5.74, 6) is 1.05. The zero-order chi connectivity index (χ0) is 18.0. The van der Waals surface area contributed by atoms with Gasteiger partial charge in [0.15, 0.2) is 0 Å². The lowest BCUT2D eigenvalue weighted by Gasteiger charge is -2.54. The number of nitrogens with zero attached hydrogens (tertiary/aromatic N) is 4. The Bertz CT molecular complexity index is 534. The van der Waals surface area contributed by atoms with Crippen LogP contribution in [0.5, 0.6) is 0 Å². The van der Waals surface area contributed by atoms with Gasteiger partial charge < -0.3 is 10.2 Å². The molecule has 1 aromatic rings. The minimum absolute atomic E-state index is 0.0361. The fraction of sp³-hybridized carbons (Fsp3) is 0.824. The SMILES string of the molecule is CCCC(Nc1ncnc(Cl)n1)C1CC(C)(C)N(OC)C(C)(C)C1. The Morgan fingerprint density at radius 2 is 1.92 bits per heavy atom. The lowest BCUT2D eigenvalue weighted by atomic mass is 9.71. The van der Waals surface area contributed by atoms with E-state index in [-0.39, 0.29) is 16.4 Å². The molecule has 1 saturated heterocycles. The van der Waals surface area contributed by atoms with Crippen LogP contribution in [0.3, 0.4) is 0 Å². The Kier molecular flexibility index (Phi) is 6.04. The first-order chi connectivity index (χ1) is 11.2. The van der Waals surface area contributed by atoms with E-state index in [1.165, 1.54) is 6.33 Å². The summed E-state index contributed by atoms with van der Waals surface area (Å²) < 4.78 is 0. The van der Waals surface area contributed by atoms with Gasteiger partial charge in [-0.25, -0.2) is 9.97 Å². The molecule has 0 aromatic carbocycles. The zero-order valence-electron chi connectivity index (χ0n) is 15.6. The standard InChI is InChI=1S/C17H30ClN5O/c1-7-8-13(21-15-20-11-19-14(18)22-15)12-9-16(2,3)23(24-6)17(4,5)10-12/h11-13H,7-10H2,1-6H3,(H,19,20,21,22). The average molecular weight is 356 g/mol. The molecule has 0 aliphatic carbocycles. The molecule has 1 aliphatic heterocycles. The highest BCUT2D eigenvalue weighted by molar-refractivity contribution is 6.28. The van der Waals surface area contributed by atoms with Crippen molar-refractivity contribution in [3.8, 4) is 0 Å². The molecule has 24 heavy (non-hydrogen) atoms. The topological polar surface area (TPSA) is 63.2 Å². The zero-order valence-corrected chi connectivity index (χ0v) is 16.4. The number of rotatable bonds is 6.